The third-order valence-electron chi connectivity index (χ3n) is 2.71. The molecule has 0 aliphatic rings. The highest BCUT2D eigenvalue weighted by Gasteiger charge is 2.28. The second-order valence-corrected chi connectivity index (χ2v) is 5.35. The van der Waals surface area contributed by atoms with Crippen LogP contribution in [-0.4, -0.2) is 21.7 Å². The summed E-state index contributed by atoms with van der Waals surface area (Å²) in [6.07, 6.45) is 2.58. The normalized spacial score (nSPS) is 13.5. The lowest BCUT2D eigenvalue weighted by molar-refractivity contribution is -0.119. The minimum atomic E-state index is -0.535. The van der Waals surface area contributed by atoms with E-state index < -0.39 is 6.04 Å². The van der Waals surface area contributed by atoms with Crippen LogP contribution in [0.25, 0.3) is 0 Å². The highest BCUT2D eigenvalue weighted by molar-refractivity contribution is 5.95. The highest BCUT2D eigenvalue weighted by Crippen LogP contribution is 2.20. The molecule has 1 rings (SSSR count). The number of carbonyl (C=O) groups excluding carboxylic acids is 1. The molecule has 0 saturated carbocycles. The molecule has 5 nitrogen and oxygen atoms in total. The number of carbonyl (C=O) groups is 1. The number of nitrogens with two attached hydrogens (primary N) is 1. The number of nitrogens with zero attached hydrogens (tertiary/aromatic N) is 2. The Morgan fingerprint density at radius 2 is 2.18 bits per heavy atom. The number of aromatic nitrogens is 2. The summed E-state index contributed by atoms with van der Waals surface area (Å²) < 4.78 is 1.69. The molecule has 96 valence electrons. The standard InChI is InChI=1S/C12H22N4O/c1-6-8-9(7-16(5)15-8)14-11(17)10(13)12(2,3)4/h7,10H,6,13H2,1-5H3,(H,14,17). The molecule has 1 aromatic rings. The molecule has 0 radical (unpaired) electrons. The first-order chi connectivity index (χ1) is 7.75. The van der Waals surface area contributed by atoms with Crippen LogP contribution in [0.4, 0.5) is 5.69 Å². The Labute approximate surface area is 102 Å². The van der Waals surface area contributed by atoms with Gasteiger partial charge in [0.15, 0.2) is 0 Å². The molecule has 1 amide bonds. The van der Waals surface area contributed by atoms with Gasteiger partial charge < -0.3 is 11.1 Å². The van der Waals surface area contributed by atoms with E-state index in [0.717, 1.165) is 17.8 Å². The third kappa shape index (κ3) is 3.30. The fourth-order valence-corrected chi connectivity index (χ4v) is 1.50. The minimum Gasteiger partial charge on any atom is -0.322 e. The molecule has 3 N–H and O–H groups in total. The number of amides is 1. The van der Waals surface area contributed by atoms with Gasteiger partial charge in [0.1, 0.15) is 0 Å². The van der Waals surface area contributed by atoms with Crippen LogP contribution in [0.3, 0.4) is 0 Å². The fraction of sp³-hybridized carbons (Fsp3) is 0.667. The zero-order chi connectivity index (χ0) is 13.2. The zero-order valence-corrected chi connectivity index (χ0v) is 11.2. The van der Waals surface area contributed by atoms with Crippen LogP contribution in [0.5, 0.6) is 0 Å². The molecule has 0 saturated heterocycles. The lowest BCUT2D eigenvalue weighted by Crippen LogP contribution is -2.45. The summed E-state index contributed by atoms with van der Waals surface area (Å²) >= 11 is 0. The summed E-state index contributed by atoms with van der Waals surface area (Å²) in [5, 5.41) is 7.11. The van der Waals surface area contributed by atoms with E-state index in [2.05, 4.69) is 10.4 Å². The molecule has 1 unspecified atom stereocenters. The summed E-state index contributed by atoms with van der Waals surface area (Å²) in [6, 6.07) is -0.535. The van der Waals surface area contributed by atoms with Gasteiger partial charge in [0, 0.05) is 13.2 Å². The Bertz CT molecular complexity index is 403. The smallest absolute Gasteiger partial charge is 0.241 e. The van der Waals surface area contributed by atoms with Crippen LogP contribution in [0, 0.1) is 5.41 Å². The van der Waals surface area contributed by atoms with Crippen LogP contribution in [0.15, 0.2) is 6.20 Å². The maximum atomic E-state index is 12.0. The molecule has 1 atom stereocenters. The molecular weight excluding hydrogens is 216 g/mol. The Morgan fingerprint density at radius 3 is 2.65 bits per heavy atom. The van der Waals surface area contributed by atoms with Crippen molar-refractivity contribution in [3.8, 4) is 0 Å². The van der Waals surface area contributed by atoms with Crippen molar-refractivity contribution >= 4 is 11.6 Å². The first-order valence-corrected chi connectivity index (χ1v) is 5.84. The molecule has 1 aromatic heterocycles. The minimum absolute atomic E-state index is 0.166. The van der Waals surface area contributed by atoms with Crippen LogP contribution >= 0.6 is 0 Å². The van der Waals surface area contributed by atoms with Crippen molar-refractivity contribution in [2.24, 2.45) is 18.2 Å². The SMILES string of the molecule is CCc1nn(C)cc1NC(=O)C(N)C(C)(C)C. The van der Waals surface area contributed by atoms with Crippen LogP contribution in [0.1, 0.15) is 33.4 Å². The lowest BCUT2D eigenvalue weighted by atomic mass is 9.87. The van der Waals surface area contributed by atoms with Crippen molar-refractivity contribution in [3.05, 3.63) is 11.9 Å². The van der Waals surface area contributed by atoms with E-state index in [1.165, 1.54) is 0 Å². The predicted octanol–water partition coefficient (Wildman–Crippen LogP) is 1.29. The van der Waals surface area contributed by atoms with Gasteiger partial charge in [-0.15, -0.1) is 0 Å². The maximum absolute atomic E-state index is 12.0. The number of aryl methyl sites for hydroxylation is 2. The van der Waals surface area contributed by atoms with Gasteiger partial charge in [-0.1, -0.05) is 27.7 Å². The van der Waals surface area contributed by atoms with Crippen LogP contribution in [-0.2, 0) is 18.3 Å². The zero-order valence-electron chi connectivity index (χ0n) is 11.2. The van der Waals surface area contributed by atoms with E-state index >= 15 is 0 Å². The predicted molar refractivity (Wildman–Crippen MR) is 68.6 cm³/mol. The van der Waals surface area contributed by atoms with Gasteiger partial charge in [-0.25, -0.2) is 0 Å². The van der Waals surface area contributed by atoms with Crippen molar-refractivity contribution in [1.29, 1.82) is 0 Å². The van der Waals surface area contributed by atoms with E-state index in [1.54, 1.807) is 10.9 Å². The molecule has 0 spiro atoms. The van der Waals surface area contributed by atoms with Crippen molar-refractivity contribution in [2.45, 2.75) is 40.2 Å². The number of hydrogen-bond acceptors (Lipinski definition) is 3. The van der Waals surface area contributed by atoms with E-state index in [-0.39, 0.29) is 11.3 Å². The third-order valence-corrected chi connectivity index (χ3v) is 2.71. The van der Waals surface area contributed by atoms with E-state index in [9.17, 15) is 4.79 Å². The summed E-state index contributed by atoms with van der Waals surface area (Å²) in [7, 11) is 1.83. The average molecular weight is 238 g/mol. The average Bonchev–Trinajstić information content (AvgIpc) is 2.56. The molecule has 0 aliphatic heterocycles. The molecule has 1 heterocycles. The van der Waals surface area contributed by atoms with E-state index in [4.69, 9.17) is 5.73 Å². The largest absolute Gasteiger partial charge is 0.322 e. The molecular formula is C12H22N4O. The van der Waals surface area contributed by atoms with Crippen molar-refractivity contribution in [3.63, 3.8) is 0 Å². The molecule has 0 aliphatic carbocycles. The molecule has 5 heteroatoms. The maximum Gasteiger partial charge on any atom is 0.241 e. The molecule has 0 aromatic carbocycles. The first-order valence-electron chi connectivity index (χ1n) is 5.84. The summed E-state index contributed by atoms with van der Waals surface area (Å²) in [5.41, 5.74) is 7.28. The van der Waals surface area contributed by atoms with Crippen LogP contribution < -0.4 is 11.1 Å². The quantitative estimate of drug-likeness (QED) is 0.833. The fourth-order valence-electron chi connectivity index (χ4n) is 1.50. The summed E-state index contributed by atoms with van der Waals surface area (Å²) in [5.74, 6) is -0.166. The van der Waals surface area contributed by atoms with Gasteiger partial charge >= 0.3 is 0 Å². The molecule has 0 bridgehead atoms. The number of hydrogen-bond donors (Lipinski definition) is 2. The van der Waals surface area contributed by atoms with Crippen molar-refractivity contribution in [2.75, 3.05) is 5.32 Å². The monoisotopic (exact) mass is 238 g/mol. The lowest BCUT2D eigenvalue weighted by Gasteiger charge is -2.25. The highest BCUT2D eigenvalue weighted by atomic mass is 16.2. The second-order valence-electron chi connectivity index (χ2n) is 5.35. The van der Waals surface area contributed by atoms with Crippen molar-refractivity contribution in [1.82, 2.24) is 9.78 Å². The van der Waals surface area contributed by atoms with Gasteiger partial charge in [-0.05, 0) is 11.8 Å². The van der Waals surface area contributed by atoms with Crippen molar-refractivity contribution < 1.29 is 4.79 Å². The molecule has 0 fully saturated rings. The van der Waals surface area contributed by atoms with Gasteiger partial charge in [-0.2, -0.15) is 5.10 Å². The number of nitrogens with one attached hydrogen (secondary N) is 1. The van der Waals surface area contributed by atoms with E-state index in [1.807, 2.05) is 34.7 Å². The Balaban J connectivity index is 2.81. The van der Waals surface area contributed by atoms with Gasteiger partial charge in [0.05, 0.1) is 17.4 Å². The van der Waals surface area contributed by atoms with Gasteiger partial charge in [0.25, 0.3) is 0 Å². The Hall–Kier alpha value is -1.36. The van der Waals surface area contributed by atoms with Gasteiger partial charge in [-0.3, -0.25) is 9.48 Å². The van der Waals surface area contributed by atoms with Gasteiger partial charge in [0.2, 0.25) is 5.91 Å². The number of rotatable bonds is 3. The Morgan fingerprint density at radius 1 is 1.59 bits per heavy atom. The van der Waals surface area contributed by atoms with Crippen LogP contribution in [0.2, 0.25) is 0 Å². The second kappa shape index (κ2) is 4.87. The molecule has 17 heavy (non-hydrogen) atoms. The first kappa shape index (κ1) is 13.7. The van der Waals surface area contributed by atoms with E-state index in [0.29, 0.717) is 0 Å². The number of anilines is 1. The summed E-state index contributed by atoms with van der Waals surface area (Å²) in [4.78, 5) is 12.0. The topological polar surface area (TPSA) is 72.9 Å². The summed E-state index contributed by atoms with van der Waals surface area (Å²) in [6.45, 7) is 7.84. The Kier molecular flexibility index (Phi) is 3.93.